The quantitative estimate of drug-likeness (QED) is 0.770. The molecule has 1 N–H and O–H groups in total. The van der Waals surface area contributed by atoms with Crippen LogP contribution in [0.2, 0.25) is 0 Å². The van der Waals surface area contributed by atoms with Gasteiger partial charge in [0.15, 0.2) is 15.9 Å². The molecule has 0 aromatic heterocycles. The molecule has 25 heavy (non-hydrogen) atoms. The first-order valence-corrected chi connectivity index (χ1v) is 9.47. The van der Waals surface area contributed by atoms with Gasteiger partial charge in [-0.05, 0) is 31.5 Å². The van der Waals surface area contributed by atoms with E-state index in [1.165, 1.54) is 20.1 Å². The number of rotatable bonds is 6. The molecule has 1 aliphatic rings. The van der Waals surface area contributed by atoms with Gasteiger partial charge in [-0.25, -0.2) is 8.42 Å². The number of benzene rings is 1. The average Bonchev–Trinajstić information content (AvgIpc) is 2.86. The van der Waals surface area contributed by atoms with Crippen LogP contribution in [0.1, 0.15) is 18.9 Å². The number of carbonyl (C=O) groups excluding carboxylic acids is 2. The third-order valence-corrected chi connectivity index (χ3v) is 5.19. The number of methoxy groups -OCH3 is 1. The summed E-state index contributed by atoms with van der Waals surface area (Å²) in [6.45, 7) is 3.33. The Morgan fingerprint density at radius 2 is 2.08 bits per heavy atom. The van der Waals surface area contributed by atoms with Gasteiger partial charge in [-0.1, -0.05) is 12.1 Å². The molecule has 0 saturated carbocycles. The van der Waals surface area contributed by atoms with Gasteiger partial charge in [-0.2, -0.15) is 0 Å². The molecule has 1 aromatic rings. The summed E-state index contributed by atoms with van der Waals surface area (Å²) in [7, 11) is -1.73. The summed E-state index contributed by atoms with van der Waals surface area (Å²) >= 11 is 0. The van der Waals surface area contributed by atoms with Crippen LogP contribution in [-0.2, 0) is 24.2 Å². The van der Waals surface area contributed by atoms with Gasteiger partial charge in [0.05, 0.1) is 25.0 Å². The monoisotopic (exact) mass is 367 g/mol. The number of aryl methyl sites for hydroxylation is 1. The van der Waals surface area contributed by atoms with Crippen molar-refractivity contribution in [3.05, 3.63) is 35.2 Å². The summed E-state index contributed by atoms with van der Waals surface area (Å²) in [6.07, 6.45) is 0.375. The summed E-state index contributed by atoms with van der Waals surface area (Å²) in [5, 5.41) is 3.77. The molecule has 1 amide bonds. The zero-order valence-corrected chi connectivity index (χ0v) is 15.1. The number of ether oxygens (including phenoxy) is 2. The second-order valence-corrected chi connectivity index (χ2v) is 7.88. The number of anilines is 1. The Morgan fingerprint density at radius 3 is 2.68 bits per heavy atom. The van der Waals surface area contributed by atoms with Gasteiger partial charge in [0, 0.05) is 11.3 Å². The Balaban J connectivity index is 1.91. The fourth-order valence-electron chi connectivity index (χ4n) is 2.43. The lowest BCUT2D eigenvalue weighted by Gasteiger charge is -2.16. The van der Waals surface area contributed by atoms with Crippen molar-refractivity contribution >= 4 is 27.4 Å². The molecule has 1 aliphatic heterocycles. The number of sulfone groups is 1. The predicted octanol–water partition coefficient (Wildman–Crippen LogP) is 1.82. The Hall–Kier alpha value is -2.35. The second-order valence-electron chi connectivity index (χ2n) is 5.95. The van der Waals surface area contributed by atoms with Gasteiger partial charge in [0.2, 0.25) is 0 Å². The average molecular weight is 367 g/mol. The van der Waals surface area contributed by atoms with Gasteiger partial charge in [0.1, 0.15) is 5.75 Å². The maximum atomic E-state index is 12.2. The lowest BCUT2D eigenvalue weighted by atomic mass is 10.1. The van der Waals surface area contributed by atoms with Crippen LogP contribution in [0.15, 0.2) is 29.7 Å². The summed E-state index contributed by atoms with van der Waals surface area (Å²) in [5.74, 6) is -1.13. The molecule has 136 valence electrons. The van der Waals surface area contributed by atoms with Crippen molar-refractivity contribution in [1.29, 1.82) is 0 Å². The first-order valence-electron chi connectivity index (χ1n) is 7.76. The van der Waals surface area contributed by atoms with Gasteiger partial charge >= 0.3 is 5.97 Å². The van der Waals surface area contributed by atoms with Crippen molar-refractivity contribution < 1.29 is 27.5 Å². The van der Waals surface area contributed by atoms with Crippen molar-refractivity contribution in [1.82, 2.24) is 0 Å². The zero-order chi connectivity index (χ0) is 18.6. The standard InChI is InChI=1S/C17H21NO6S/c1-11-4-5-15(23-3)14(8-11)18-17(20)12(2)24-16(19)9-13-6-7-25(21,22)10-13/h4-8,12-13H,9-10H2,1-3H3,(H,18,20)/t12-,13+/m0/s1. The van der Waals surface area contributed by atoms with Gasteiger partial charge < -0.3 is 14.8 Å². The SMILES string of the molecule is COc1ccc(C)cc1NC(=O)[C@H](C)OC(=O)C[C@H]1C=CS(=O)(=O)C1. The molecule has 8 heteroatoms. The summed E-state index contributed by atoms with van der Waals surface area (Å²) < 4.78 is 32.9. The van der Waals surface area contributed by atoms with E-state index in [1.807, 2.05) is 13.0 Å². The Labute approximate surface area is 146 Å². The fraction of sp³-hybridized carbons (Fsp3) is 0.412. The lowest BCUT2D eigenvalue weighted by Crippen LogP contribution is -2.30. The van der Waals surface area contributed by atoms with Gasteiger partial charge in [0.25, 0.3) is 5.91 Å². The molecule has 0 saturated heterocycles. The highest BCUT2D eigenvalue weighted by Crippen LogP contribution is 2.25. The zero-order valence-electron chi connectivity index (χ0n) is 14.3. The Bertz CT molecular complexity index is 799. The fourth-order valence-corrected chi connectivity index (χ4v) is 3.83. The van der Waals surface area contributed by atoms with Crippen molar-refractivity contribution in [3.8, 4) is 5.75 Å². The molecule has 0 spiro atoms. The van der Waals surface area contributed by atoms with E-state index in [2.05, 4.69) is 5.32 Å². The molecule has 0 fully saturated rings. The molecule has 0 unspecified atom stereocenters. The topological polar surface area (TPSA) is 98.8 Å². The van der Waals surface area contributed by atoms with Crippen LogP contribution in [-0.4, -0.2) is 39.3 Å². The van der Waals surface area contributed by atoms with Crippen LogP contribution in [0.3, 0.4) is 0 Å². The highest BCUT2D eigenvalue weighted by Gasteiger charge is 2.26. The van der Waals surface area contributed by atoms with E-state index in [0.29, 0.717) is 11.4 Å². The van der Waals surface area contributed by atoms with E-state index in [9.17, 15) is 18.0 Å². The van der Waals surface area contributed by atoms with Gasteiger partial charge in [-0.15, -0.1) is 0 Å². The smallest absolute Gasteiger partial charge is 0.307 e. The van der Waals surface area contributed by atoms with Crippen molar-refractivity contribution in [3.63, 3.8) is 0 Å². The van der Waals surface area contributed by atoms with E-state index in [1.54, 1.807) is 12.1 Å². The molecule has 0 radical (unpaired) electrons. The number of hydrogen-bond acceptors (Lipinski definition) is 6. The molecule has 1 aromatic carbocycles. The molecular formula is C17H21NO6S. The Morgan fingerprint density at radius 1 is 1.36 bits per heavy atom. The second kappa shape index (κ2) is 7.69. The summed E-state index contributed by atoms with van der Waals surface area (Å²) in [6, 6.07) is 5.33. The number of hydrogen-bond donors (Lipinski definition) is 1. The third kappa shape index (κ3) is 5.32. The molecule has 7 nitrogen and oxygen atoms in total. The maximum absolute atomic E-state index is 12.2. The minimum absolute atomic E-state index is 0.0822. The largest absolute Gasteiger partial charge is 0.495 e. The maximum Gasteiger partial charge on any atom is 0.307 e. The van der Waals surface area contributed by atoms with Crippen LogP contribution < -0.4 is 10.1 Å². The Kier molecular flexibility index (Phi) is 5.84. The first-order chi connectivity index (χ1) is 11.7. The number of allylic oxidation sites excluding steroid dienone is 1. The van der Waals surface area contributed by atoms with Crippen LogP contribution in [0.25, 0.3) is 0 Å². The normalized spacial score (nSPS) is 19.2. The van der Waals surface area contributed by atoms with E-state index in [4.69, 9.17) is 9.47 Å². The number of carbonyl (C=O) groups is 2. The van der Waals surface area contributed by atoms with Crippen molar-refractivity contribution in [2.24, 2.45) is 5.92 Å². The minimum Gasteiger partial charge on any atom is -0.495 e. The predicted molar refractivity (Wildman–Crippen MR) is 92.9 cm³/mol. The van der Waals surface area contributed by atoms with Crippen LogP contribution in [0.4, 0.5) is 5.69 Å². The highest BCUT2D eigenvalue weighted by atomic mass is 32.2. The van der Waals surface area contributed by atoms with Crippen LogP contribution in [0, 0.1) is 12.8 Å². The highest BCUT2D eigenvalue weighted by molar-refractivity contribution is 7.94. The summed E-state index contributed by atoms with van der Waals surface area (Å²) in [5.41, 5.74) is 1.43. The van der Waals surface area contributed by atoms with E-state index < -0.39 is 33.7 Å². The molecule has 0 bridgehead atoms. The minimum atomic E-state index is -3.22. The molecule has 2 rings (SSSR count). The van der Waals surface area contributed by atoms with Crippen LogP contribution >= 0.6 is 0 Å². The molecule has 1 heterocycles. The number of nitrogens with one attached hydrogen (secondary N) is 1. The molecule has 0 aliphatic carbocycles. The third-order valence-electron chi connectivity index (χ3n) is 3.72. The number of esters is 1. The molecule has 2 atom stereocenters. The van der Waals surface area contributed by atoms with Crippen LogP contribution in [0.5, 0.6) is 5.75 Å². The lowest BCUT2D eigenvalue weighted by molar-refractivity contribution is -0.153. The van der Waals surface area contributed by atoms with E-state index in [-0.39, 0.29) is 12.2 Å². The molecular weight excluding hydrogens is 346 g/mol. The first kappa shape index (κ1) is 19.0. The van der Waals surface area contributed by atoms with Crippen molar-refractivity contribution in [2.45, 2.75) is 26.4 Å². The number of amides is 1. The van der Waals surface area contributed by atoms with E-state index >= 15 is 0 Å². The van der Waals surface area contributed by atoms with Gasteiger partial charge in [-0.3, -0.25) is 9.59 Å². The van der Waals surface area contributed by atoms with E-state index in [0.717, 1.165) is 11.0 Å². The van der Waals surface area contributed by atoms with Crippen molar-refractivity contribution in [2.75, 3.05) is 18.2 Å². The summed E-state index contributed by atoms with van der Waals surface area (Å²) in [4.78, 5) is 24.1.